The van der Waals surface area contributed by atoms with Crippen molar-refractivity contribution in [3.05, 3.63) is 24.3 Å². The lowest BCUT2D eigenvalue weighted by molar-refractivity contribution is -0.221. The highest BCUT2D eigenvalue weighted by atomic mass is 16.6. The molecule has 0 radical (unpaired) electrons. The van der Waals surface area contributed by atoms with Gasteiger partial charge in [-0.3, -0.25) is 0 Å². The summed E-state index contributed by atoms with van der Waals surface area (Å²) in [5.74, 6) is 0.0966. The summed E-state index contributed by atoms with van der Waals surface area (Å²) in [7, 11) is 0. The number of hydrogen-bond acceptors (Lipinski definition) is 7. The number of ether oxygens (including phenoxy) is 1. The molecule has 1 aromatic rings. The fourth-order valence-electron chi connectivity index (χ4n) is 1.94. The van der Waals surface area contributed by atoms with Crippen molar-refractivity contribution in [2.75, 3.05) is 11.9 Å². The topological polar surface area (TPSA) is 122 Å². The monoisotopic (exact) mass is 271 g/mol. The minimum atomic E-state index is -1.42. The molecule has 1 aliphatic heterocycles. The van der Waals surface area contributed by atoms with E-state index in [2.05, 4.69) is 5.32 Å². The van der Waals surface area contributed by atoms with Crippen LogP contribution in [-0.2, 0) is 4.74 Å². The van der Waals surface area contributed by atoms with Crippen LogP contribution < -0.4 is 5.32 Å². The van der Waals surface area contributed by atoms with Crippen LogP contribution >= 0.6 is 0 Å². The standard InChI is InChI=1S/C12H17NO6/c14-5-8-9(16)10(17)11(18)12(19-8)13-6-1-3-7(15)4-2-6/h1-4,8-18H,5H2/t8-,9-,10+,11+,12+/m1/s1. The van der Waals surface area contributed by atoms with E-state index in [0.717, 1.165) is 0 Å². The molecule has 0 amide bonds. The van der Waals surface area contributed by atoms with Gasteiger partial charge in [-0.15, -0.1) is 0 Å². The molecule has 1 aliphatic rings. The number of hydrogen-bond donors (Lipinski definition) is 6. The Kier molecular flexibility index (Phi) is 4.23. The molecular weight excluding hydrogens is 254 g/mol. The van der Waals surface area contributed by atoms with Crippen molar-refractivity contribution in [2.45, 2.75) is 30.6 Å². The maximum atomic E-state index is 9.81. The number of phenols is 1. The van der Waals surface area contributed by atoms with E-state index in [0.29, 0.717) is 5.69 Å². The number of aliphatic hydroxyl groups is 4. The Bertz CT molecular complexity index is 409. The van der Waals surface area contributed by atoms with Crippen molar-refractivity contribution in [3.63, 3.8) is 0 Å². The summed E-state index contributed by atoms with van der Waals surface area (Å²) in [5, 5.41) is 50.1. The number of nitrogens with one attached hydrogen (secondary N) is 1. The second-order valence-corrected chi connectivity index (χ2v) is 4.44. The lowest BCUT2D eigenvalue weighted by Gasteiger charge is -2.40. The first kappa shape index (κ1) is 14.0. The Morgan fingerprint density at radius 1 is 1.00 bits per heavy atom. The molecule has 7 nitrogen and oxygen atoms in total. The van der Waals surface area contributed by atoms with Crippen LogP contribution in [0.2, 0.25) is 0 Å². The summed E-state index contributed by atoms with van der Waals surface area (Å²) in [6, 6.07) is 6.03. The van der Waals surface area contributed by atoms with Crippen LogP contribution in [0.4, 0.5) is 5.69 Å². The van der Waals surface area contributed by atoms with Crippen LogP contribution in [0.3, 0.4) is 0 Å². The van der Waals surface area contributed by atoms with E-state index in [1.807, 2.05) is 0 Å². The molecule has 0 unspecified atom stereocenters. The zero-order valence-electron chi connectivity index (χ0n) is 10.0. The van der Waals surface area contributed by atoms with Crippen molar-refractivity contribution in [2.24, 2.45) is 0 Å². The fraction of sp³-hybridized carbons (Fsp3) is 0.500. The maximum absolute atomic E-state index is 9.81. The molecule has 2 rings (SSSR count). The summed E-state index contributed by atoms with van der Waals surface area (Å²) in [6.45, 7) is -0.474. The zero-order valence-corrected chi connectivity index (χ0v) is 10.0. The summed E-state index contributed by atoms with van der Waals surface area (Å²) >= 11 is 0. The Morgan fingerprint density at radius 3 is 2.21 bits per heavy atom. The summed E-state index contributed by atoms with van der Waals surface area (Å²) in [5.41, 5.74) is 0.558. The van der Waals surface area contributed by atoms with Gasteiger partial charge in [0.05, 0.1) is 6.61 Å². The number of benzene rings is 1. The molecule has 0 aliphatic carbocycles. The number of rotatable bonds is 3. The molecule has 0 bridgehead atoms. The zero-order chi connectivity index (χ0) is 14.0. The van der Waals surface area contributed by atoms with Crippen LogP contribution in [0, 0.1) is 0 Å². The molecule has 0 saturated carbocycles. The van der Waals surface area contributed by atoms with Gasteiger partial charge in [0.15, 0.2) is 6.23 Å². The Labute approximate surface area is 109 Å². The predicted molar refractivity (Wildman–Crippen MR) is 65.5 cm³/mol. The molecule has 7 heteroatoms. The van der Waals surface area contributed by atoms with Gasteiger partial charge in [0.2, 0.25) is 0 Å². The van der Waals surface area contributed by atoms with Crippen LogP contribution in [0.5, 0.6) is 5.75 Å². The Balaban J connectivity index is 2.08. The fourth-order valence-corrected chi connectivity index (χ4v) is 1.94. The Morgan fingerprint density at radius 2 is 1.63 bits per heavy atom. The number of aliphatic hydroxyl groups excluding tert-OH is 4. The second kappa shape index (κ2) is 5.72. The van der Waals surface area contributed by atoms with E-state index in [1.165, 1.54) is 12.1 Å². The van der Waals surface area contributed by atoms with E-state index in [4.69, 9.17) is 14.9 Å². The molecule has 6 N–H and O–H groups in total. The summed E-state index contributed by atoms with van der Waals surface area (Å²) in [4.78, 5) is 0. The molecule has 1 fully saturated rings. The van der Waals surface area contributed by atoms with Gasteiger partial charge in [-0.25, -0.2) is 0 Å². The molecule has 1 heterocycles. The van der Waals surface area contributed by atoms with Crippen LogP contribution in [0.15, 0.2) is 24.3 Å². The molecular formula is C12H17NO6. The highest BCUT2D eigenvalue weighted by Gasteiger charge is 2.43. The van der Waals surface area contributed by atoms with Gasteiger partial charge in [0, 0.05) is 5.69 Å². The minimum absolute atomic E-state index is 0.0966. The maximum Gasteiger partial charge on any atom is 0.157 e. The molecule has 5 atom stereocenters. The van der Waals surface area contributed by atoms with Gasteiger partial charge in [0.1, 0.15) is 30.2 Å². The van der Waals surface area contributed by atoms with E-state index >= 15 is 0 Å². The van der Waals surface area contributed by atoms with Crippen molar-refractivity contribution in [1.29, 1.82) is 0 Å². The third kappa shape index (κ3) is 2.96. The average Bonchev–Trinajstić information content (AvgIpc) is 2.42. The van der Waals surface area contributed by atoms with E-state index in [-0.39, 0.29) is 5.75 Å². The summed E-state index contributed by atoms with van der Waals surface area (Å²) in [6.07, 6.45) is -6.06. The Hall–Kier alpha value is -1.38. The predicted octanol–water partition coefficient (Wildman–Crippen LogP) is -1.40. The van der Waals surface area contributed by atoms with Gasteiger partial charge in [0.25, 0.3) is 0 Å². The average molecular weight is 271 g/mol. The first-order valence-corrected chi connectivity index (χ1v) is 5.89. The van der Waals surface area contributed by atoms with Crippen molar-refractivity contribution < 1.29 is 30.3 Å². The largest absolute Gasteiger partial charge is 0.508 e. The molecule has 19 heavy (non-hydrogen) atoms. The number of aromatic hydroxyl groups is 1. The van der Waals surface area contributed by atoms with Crippen LogP contribution in [0.25, 0.3) is 0 Å². The highest BCUT2D eigenvalue weighted by Crippen LogP contribution is 2.23. The molecule has 1 saturated heterocycles. The molecule has 0 aromatic heterocycles. The number of anilines is 1. The van der Waals surface area contributed by atoms with Gasteiger partial charge in [-0.05, 0) is 24.3 Å². The van der Waals surface area contributed by atoms with Gasteiger partial charge >= 0.3 is 0 Å². The third-order valence-corrected chi connectivity index (χ3v) is 3.07. The lowest BCUT2D eigenvalue weighted by Crippen LogP contribution is -2.60. The quantitative estimate of drug-likeness (QED) is 0.374. The van der Waals surface area contributed by atoms with E-state index in [1.54, 1.807) is 12.1 Å². The lowest BCUT2D eigenvalue weighted by atomic mass is 9.98. The SMILES string of the molecule is OC[C@H]1O[C@H](Nc2ccc(O)cc2)[C@@H](O)[C@@H](O)[C@@H]1O. The highest BCUT2D eigenvalue weighted by molar-refractivity contribution is 5.46. The second-order valence-electron chi connectivity index (χ2n) is 4.44. The van der Waals surface area contributed by atoms with Crippen LogP contribution in [0.1, 0.15) is 0 Å². The number of phenolic OH excluding ortho intramolecular Hbond substituents is 1. The molecule has 0 spiro atoms. The normalized spacial score (nSPS) is 35.1. The minimum Gasteiger partial charge on any atom is -0.508 e. The van der Waals surface area contributed by atoms with Crippen molar-refractivity contribution in [1.82, 2.24) is 0 Å². The van der Waals surface area contributed by atoms with E-state index in [9.17, 15) is 15.3 Å². The van der Waals surface area contributed by atoms with Crippen molar-refractivity contribution >= 4 is 5.69 Å². The molecule has 106 valence electrons. The van der Waals surface area contributed by atoms with Gasteiger partial charge in [-0.1, -0.05) is 0 Å². The van der Waals surface area contributed by atoms with Crippen LogP contribution in [-0.4, -0.2) is 62.8 Å². The van der Waals surface area contributed by atoms with E-state index < -0.39 is 37.3 Å². The first-order valence-electron chi connectivity index (χ1n) is 5.89. The first-order chi connectivity index (χ1) is 9.02. The van der Waals surface area contributed by atoms with Gasteiger partial charge in [-0.2, -0.15) is 0 Å². The third-order valence-electron chi connectivity index (χ3n) is 3.07. The smallest absolute Gasteiger partial charge is 0.157 e. The van der Waals surface area contributed by atoms with Crippen molar-refractivity contribution in [3.8, 4) is 5.75 Å². The van der Waals surface area contributed by atoms with Gasteiger partial charge < -0.3 is 35.6 Å². The summed E-state index contributed by atoms with van der Waals surface area (Å²) < 4.78 is 5.28. The molecule has 1 aromatic carbocycles.